The third kappa shape index (κ3) is 8.07. The van der Waals surface area contributed by atoms with E-state index in [1.54, 1.807) is 6.07 Å². The SMILES string of the molecule is OCCN(Cc1ccc2cc(OCCCCCc3ccccc3)ccc2c1)Cc1ccccc1C(F)(F)F. The van der Waals surface area contributed by atoms with E-state index in [9.17, 15) is 18.3 Å². The predicted octanol–water partition coefficient (Wildman–Crippen LogP) is 7.64. The lowest BCUT2D eigenvalue weighted by atomic mass is 10.0. The number of ether oxygens (including phenoxy) is 1. The average molecular weight is 522 g/mol. The van der Waals surface area contributed by atoms with Crippen LogP contribution in [0.15, 0.2) is 91.0 Å². The molecule has 0 bridgehead atoms. The molecule has 0 amide bonds. The lowest BCUT2D eigenvalue weighted by Crippen LogP contribution is -2.27. The number of halogens is 3. The van der Waals surface area contributed by atoms with Gasteiger partial charge in [-0.3, -0.25) is 4.90 Å². The number of unbranched alkanes of at least 4 members (excludes halogenated alkanes) is 2. The molecule has 4 rings (SSSR count). The Morgan fingerprint density at radius 3 is 2.24 bits per heavy atom. The van der Waals surface area contributed by atoms with Crippen LogP contribution in [0.4, 0.5) is 13.2 Å². The first-order valence-electron chi connectivity index (χ1n) is 13.1. The number of benzene rings is 4. The molecule has 0 heterocycles. The van der Waals surface area contributed by atoms with E-state index >= 15 is 0 Å². The van der Waals surface area contributed by atoms with E-state index in [0.717, 1.165) is 53.8 Å². The van der Waals surface area contributed by atoms with E-state index in [4.69, 9.17) is 4.74 Å². The number of hydrogen-bond donors (Lipinski definition) is 1. The lowest BCUT2D eigenvalue weighted by molar-refractivity contribution is -0.138. The third-order valence-corrected chi connectivity index (χ3v) is 6.64. The van der Waals surface area contributed by atoms with Gasteiger partial charge in [0.2, 0.25) is 0 Å². The minimum Gasteiger partial charge on any atom is -0.494 e. The summed E-state index contributed by atoms with van der Waals surface area (Å²) in [5.74, 6) is 0.832. The third-order valence-electron chi connectivity index (χ3n) is 6.64. The van der Waals surface area contributed by atoms with Crippen molar-refractivity contribution in [3.63, 3.8) is 0 Å². The van der Waals surface area contributed by atoms with Crippen LogP contribution in [0.3, 0.4) is 0 Å². The van der Waals surface area contributed by atoms with Gasteiger partial charge in [-0.25, -0.2) is 0 Å². The van der Waals surface area contributed by atoms with Gasteiger partial charge in [-0.15, -0.1) is 0 Å². The Labute approximate surface area is 222 Å². The quantitative estimate of drug-likeness (QED) is 0.184. The largest absolute Gasteiger partial charge is 0.494 e. The Hall–Kier alpha value is -3.35. The van der Waals surface area contributed by atoms with Gasteiger partial charge in [0.25, 0.3) is 0 Å². The van der Waals surface area contributed by atoms with Gasteiger partial charge in [-0.2, -0.15) is 13.2 Å². The van der Waals surface area contributed by atoms with Crippen LogP contribution in [-0.4, -0.2) is 29.8 Å². The van der Waals surface area contributed by atoms with Gasteiger partial charge in [-0.1, -0.05) is 66.7 Å². The van der Waals surface area contributed by atoms with E-state index in [-0.39, 0.29) is 25.3 Å². The van der Waals surface area contributed by atoms with Crippen LogP contribution in [-0.2, 0) is 25.7 Å². The molecule has 1 N–H and O–H groups in total. The molecule has 6 heteroatoms. The lowest BCUT2D eigenvalue weighted by Gasteiger charge is -2.23. The van der Waals surface area contributed by atoms with E-state index in [1.165, 1.54) is 17.7 Å². The Kier molecular flexibility index (Phi) is 9.79. The predicted molar refractivity (Wildman–Crippen MR) is 146 cm³/mol. The summed E-state index contributed by atoms with van der Waals surface area (Å²) in [5, 5.41) is 11.6. The number of fused-ring (bicyclic) bond motifs is 1. The van der Waals surface area contributed by atoms with Crippen LogP contribution in [0.2, 0.25) is 0 Å². The maximum absolute atomic E-state index is 13.4. The summed E-state index contributed by atoms with van der Waals surface area (Å²) in [6, 6.07) is 28.2. The number of nitrogens with zero attached hydrogens (tertiary/aromatic N) is 1. The van der Waals surface area contributed by atoms with Crippen LogP contribution in [0.5, 0.6) is 5.75 Å². The van der Waals surface area contributed by atoms with Crippen LogP contribution >= 0.6 is 0 Å². The first kappa shape index (κ1) is 27.7. The summed E-state index contributed by atoms with van der Waals surface area (Å²) >= 11 is 0. The minimum atomic E-state index is -4.41. The van der Waals surface area contributed by atoms with Crippen LogP contribution in [0, 0.1) is 0 Å². The van der Waals surface area contributed by atoms with Crippen LogP contribution < -0.4 is 4.74 Å². The van der Waals surface area contributed by atoms with Crippen molar-refractivity contribution >= 4 is 10.8 Å². The fourth-order valence-corrected chi connectivity index (χ4v) is 4.69. The Bertz CT molecular complexity index is 1290. The summed E-state index contributed by atoms with van der Waals surface area (Å²) in [6.07, 6.45) is -0.0648. The summed E-state index contributed by atoms with van der Waals surface area (Å²) < 4.78 is 46.3. The van der Waals surface area contributed by atoms with Crippen molar-refractivity contribution in [2.75, 3.05) is 19.8 Å². The molecule has 0 fully saturated rings. The molecular formula is C32H34F3NO2. The van der Waals surface area contributed by atoms with E-state index in [1.807, 2.05) is 47.4 Å². The molecule has 0 saturated heterocycles. The molecule has 0 radical (unpaired) electrons. The molecule has 0 saturated carbocycles. The average Bonchev–Trinajstić information content (AvgIpc) is 2.91. The van der Waals surface area contributed by atoms with Gasteiger partial charge >= 0.3 is 6.18 Å². The highest BCUT2D eigenvalue weighted by Gasteiger charge is 2.33. The van der Waals surface area contributed by atoms with Gasteiger partial charge in [0.05, 0.1) is 18.8 Å². The highest BCUT2D eigenvalue weighted by molar-refractivity contribution is 5.84. The smallest absolute Gasteiger partial charge is 0.416 e. The van der Waals surface area contributed by atoms with Crippen molar-refractivity contribution in [2.45, 2.75) is 44.9 Å². The molecule has 3 nitrogen and oxygen atoms in total. The molecule has 38 heavy (non-hydrogen) atoms. The Morgan fingerprint density at radius 1 is 0.711 bits per heavy atom. The Balaban J connectivity index is 1.32. The molecular weight excluding hydrogens is 487 g/mol. The number of hydrogen-bond acceptors (Lipinski definition) is 3. The molecule has 0 aliphatic heterocycles. The molecule has 0 aromatic heterocycles. The molecule has 0 atom stereocenters. The molecule has 0 unspecified atom stereocenters. The highest BCUT2D eigenvalue weighted by Crippen LogP contribution is 2.32. The van der Waals surface area contributed by atoms with Crippen molar-refractivity contribution in [1.82, 2.24) is 4.90 Å². The highest BCUT2D eigenvalue weighted by atomic mass is 19.4. The fraction of sp³-hybridized carbons (Fsp3) is 0.312. The zero-order valence-corrected chi connectivity index (χ0v) is 21.5. The van der Waals surface area contributed by atoms with Gasteiger partial charge in [0.1, 0.15) is 5.75 Å². The maximum atomic E-state index is 13.4. The summed E-state index contributed by atoms with van der Waals surface area (Å²) in [6.45, 7) is 1.36. The normalized spacial score (nSPS) is 11.8. The fourth-order valence-electron chi connectivity index (χ4n) is 4.69. The number of rotatable bonds is 13. The van der Waals surface area contributed by atoms with Crippen LogP contribution in [0.25, 0.3) is 10.8 Å². The van der Waals surface area contributed by atoms with Gasteiger partial charge in [-0.05, 0) is 77.4 Å². The molecule has 4 aromatic rings. The van der Waals surface area contributed by atoms with Gasteiger partial charge in [0.15, 0.2) is 0 Å². The number of aliphatic hydroxyl groups excluding tert-OH is 1. The van der Waals surface area contributed by atoms with Crippen molar-refractivity contribution in [3.05, 3.63) is 113 Å². The van der Waals surface area contributed by atoms with Crippen molar-refractivity contribution in [2.24, 2.45) is 0 Å². The monoisotopic (exact) mass is 521 g/mol. The molecule has 200 valence electrons. The van der Waals surface area contributed by atoms with Crippen molar-refractivity contribution in [3.8, 4) is 5.75 Å². The summed E-state index contributed by atoms with van der Waals surface area (Å²) in [5.41, 5.74) is 1.91. The number of aliphatic hydroxyl groups is 1. The minimum absolute atomic E-state index is 0.104. The van der Waals surface area contributed by atoms with Crippen LogP contribution in [0.1, 0.15) is 41.5 Å². The van der Waals surface area contributed by atoms with Gasteiger partial charge < -0.3 is 9.84 Å². The maximum Gasteiger partial charge on any atom is 0.416 e. The second kappa shape index (κ2) is 13.4. The van der Waals surface area contributed by atoms with Crippen molar-refractivity contribution < 1.29 is 23.0 Å². The number of aryl methyl sites for hydroxylation is 1. The van der Waals surface area contributed by atoms with Crippen molar-refractivity contribution in [1.29, 1.82) is 0 Å². The zero-order chi connectivity index (χ0) is 26.8. The molecule has 0 aliphatic carbocycles. The second-order valence-electron chi connectivity index (χ2n) is 9.58. The first-order chi connectivity index (χ1) is 18.4. The molecule has 0 aliphatic rings. The Morgan fingerprint density at radius 2 is 1.45 bits per heavy atom. The van der Waals surface area contributed by atoms with E-state index in [2.05, 4.69) is 24.3 Å². The number of alkyl halides is 3. The van der Waals surface area contributed by atoms with E-state index < -0.39 is 11.7 Å². The summed E-state index contributed by atoms with van der Waals surface area (Å²) in [7, 11) is 0. The topological polar surface area (TPSA) is 32.7 Å². The first-order valence-corrected chi connectivity index (χ1v) is 13.1. The second-order valence-corrected chi connectivity index (χ2v) is 9.58. The van der Waals surface area contributed by atoms with Gasteiger partial charge in [0, 0.05) is 19.6 Å². The molecule has 0 spiro atoms. The van der Waals surface area contributed by atoms with E-state index in [0.29, 0.717) is 13.2 Å². The molecule has 4 aromatic carbocycles. The standard InChI is InChI=1S/C32H34F3NO2/c33-32(34,35)31-13-7-6-12-29(31)24-36(18-19-37)23-26-14-15-28-22-30(17-16-27(28)21-26)38-20-8-2-5-11-25-9-3-1-4-10-25/h1,3-4,6-7,9-10,12-17,21-22,37H,2,5,8,11,18-20,23-24H2. The zero-order valence-electron chi connectivity index (χ0n) is 21.5. The summed E-state index contributed by atoms with van der Waals surface area (Å²) in [4.78, 5) is 1.83.